The van der Waals surface area contributed by atoms with Gasteiger partial charge in [0.15, 0.2) is 11.5 Å². The molecule has 1 saturated carbocycles. The summed E-state index contributed by atoms with van der Waals surface area (Å²) in [6, 6.07) is 5.27. The van der Waals surface area contributed by atoms with E-state index < -0.39 is 11.8 Å². The van der Waals surface area contributed by atoms with E-state index in [9.17, 15) is 9.59 Å². The van der Waals surface area contributed by atoms with E-state index in [1.54, 1.807) is 18.2 Å². The lowest BCUT2D eigenvalue weighted by molar-refractivity contribution is -0.131. The number of hydrogen-bond acceptors (Lipinski definition) is 4. The molecule has 1 aliphatic heterocycles. The fourth-order valence-corrected chi connectivity index (χ4v) is 2.77. The molecule has 2 aliphatic rings. The van der Waals surface area contributed by atoms with E-state index in [1.807, 2.05) is 0 Å². The molecule has 1 fully saturated rings. The Morgan fingerprint density at radius 3 is 2.68 bits per heavy atom. The predicted molar refractivity (Wildman–Crippen MR) is 78.9 cm³/mol. The summed E-state index contributed by atoms with van der Waals surface area (Å²) < 4.78 is 11.8. The second-order valence-corrected chi connectivity index (χ2v) is 5.48. The number of anilines is 1. The number of rotatable bonds is 4. The van der Waals surface area contributed by atoms with Crippen molar-refractivity contribution in [1.82, 2.24) is 0 Å². The number of hydrogen-bond donors (Lipinski definition) is 2. The van der Waals surface area contributed by atoms with Gasteiger partial charge in [-0.25, -0.2) is 4.79 Å². The van der Waals surface area contributed by atoms with Gasteiger partial charge in [-0.15, -0.1) is 0 Å². The fourth-order valence-electron chi connectivity index (χ4n) is 2.77. The lowest BCUT2D eigenvalue weighted by Gasteiger charge is -2.21. The highest BCUT2D eigenvalue weighted by Gasteiger charge is 2.44. The van der Waals surface area contributed by atoms with E-state index >= 15 is 0 Å². The smallest absolute Gasteiger partial charge is 0.327 e. The highest BCUT2D eigenvalue weighted by Crippen LogP contribution is 2.47. The number of carboxylic acid groups (broad SMARTS) is 1. The Morgan fingerprint density at radius 2 is 1.95 bits per heavy atom. The minimum atomic E-state index is -1.07. The Labute approximate surface area is 127 Å². The maximum absolute atomic E-state index is 11.7. The summed E-state index contributed by atoms with van der Waals surface area (Å²) in [5.41, 5.74) is 0.603. The number of aliphatic carboxylic acids is 1. The first-order valence-electron chi connectivity index (χ1n) is 7.28. The summed E-state index contributed by atoms with van der Waals surface area (Å²) >= 11 is 0. The highest BCUT2D eigenvalue weighted by molar-refractivity contribution is 5.92. The molecular formula is C16H17NO5. The van der Waals surface area contributed by atoms with Crippen LogP contribution in [0, 0.1) is 0 Å². The van der Waals surface area contributed by atoms with Crippen LogP contribution in [-0.4, -0.2) is 22.8 Å². The van der Waals surface area contributed by atoms with E-state index in [0.717, 1.165) is 31.8 Å². The van der Waals surface area contributed by atoms with Gasteiger partial charge in [-0.1, -0.05) is 6.08 Å². The van der Waals surface area contributed by atoms with Crippen LogP contribution in [0.3, 0.4) is 0 Å². The molecular weight excluding hydrogens is 286 g/mol. The average molecular weight is 303 g/mol. The van der Waals surface area contributed by atoms with Crippen molar-refractivity contribution in [3.05, 3.63) is 30.4 Å². The number of benzene rings is 1. The zero-order chi connectivity index (χ0) is 15.6. The van der Waals surface area contributed by atoms with Gasteiger partial charge in [0.05, 0.1) is 0 Å². The van der Waals surface area contributed by atoms with Gasteiger partial charge in [-0.2, -0.15) is 0 Å². The summed E-state index contributed by atoms with van der Waals surface area (Å²) in [5.74, 6) is -0.536. The molecule has 1 aromatic rings. The Balaban J connectivity index is 1.63. The second-order valence-electron chi connectivity index (χ2n) is 5.48. The Bertz CT molecular complexity index is 631. The number of nitrogens with one attached hydrogen (secondary N) is 1. The van der Waals surface area contributed by atoms with E-state index in [2.05, 4.69) is 5.32 Å². The van der Waals surface area contributed by atoms with Crippen LogP contribution in [0.4, 0.5) is 5.69 Å². The van der Waals surface area contributed by atoms with Crippen molar-refractivity contribution in [2.75, 3.05) is 5.32 Å². The molecule has 0 unspecified atom stereocenters. The van der Waals surface area contributed by atoms with Crippen LogP contribution in [0.1, 0.15) is 32.1 Å². The average Bonchev–Trinajstić information content (AvgIpc) is 3.04. The van der Waals surface area contributed by atoms with Gasteiger partial charge in [0.2, 0.25) is 5.91 Å². The summed E-state index contributed by atoms with van der Waals surface area (Å²) in [7, 11) is 0. The van der Waals surface area contributed by atoms with Gasteiger partial charge < -0.3 is 19.9 Å². The summed E-state index contributed by atoms with van der Waals surface area (Å²) in [6.07, 6.45) is 6.19. The van der Waals surface area contributed by atoms with Crippen LogP contribution < -0.4 is 14.8 Å². The number of carbonyl (C=O) groups excluding carboxylic acids is 1. The highest BCUT2D eigenvalue weighted by atomic mass is 16.7. The molecule has 0 aromatic heterocycles. The molecule has 1 amide bonds. The quantitative estimate of drug-likeness (QED) is 0.835. The zero-order valence-corrected chi connectivity index (χ0v) is 12.0. The molecule has 6 nitrogen and oxygen atoms in total. The second kappa shape index (κ2) is 5.71. The van der Waals surface area contributed by atoms with E-state index in [0.29, 0.717) is 17.2 Å². The number of ether oxygens (including phenoxy) is 2. The Hall–Kier alpha value is -2.50. The topological polar surface area (TPSA) is 84.9 Å². The molecule has 1 aliphatic carbocycles. The molecule has 116 valence electrons. The molecule has 1 aromatic carbocycles. The van der Waals surface area contributed by atoms with Crippen molar-refractivity contribution < 1.29 is 24.2 Å². The van der Waals surface area contributed by atoms with Crippen molar-refractivity contribution >= 4 is 17.6 Å². The van der Waals surface area contributed by atoms with Gasteiger partial charge >= 0.3 is 5.97 Å². The monoisotopic (exact) mass is 303 g/mol. The first-order chi connectivity index (χ1) is 10.6. The number of carboxylic acids is 1. The third-order valence-electron chi connectivity index (χ3n) is 3.75. The molecule has 0 radical (unpaired) electrons. The first-order valence-corrected chi connectivity index (χ1v) is 7.28. The van der Waals surface area contributed by atoms with Crippen molar-refractivity contribution in [3.8, 4) is 11.5 Å². The van der Waals surface area contributed by atoms with Crippen LogP contribution in [0.5, 0.6) is 11.5 Å². The van der Waals surface area contributed by atoms with Crippen LogP contribution in [0.2, 0.25) is 0 Å². The molecule has 6 heteroatoms. The van der Waals surface area contributed by atoms with Gasteiger partial charge in [0, 0.05) is 37.1 Å². The Morgan fingerprint density at radius 1 is 1.23 bits per heavy atom. The molecule has 1 spiro atoms. The lowest BCUT2D eigenvalue weighted by atomic mass is 10.2. The number of amides is 1. The largest absolute Gasteiger partial charge is 0.478 e. The summed E-state index contributed by atoms with van der Waals surface area (Å²) in [4.78, 5) is 22.1. The van der Waals surface area contributed by atoms with E-state index in [-0.39, 0.29) is 12.3 Å². The van der Waals surface area contributed by atoms with Crippen molar-refractivity contribution in [3.63, 3.8) is 0 Å². The third-order valence-corrected chi connectivity index (χ3v) is 3.75. The minimum absolute atomic E-state index is 0.00464. The molecule has 2 N–H and O–H groups in total. The van der Waals surface area contributed by atoms with Crippen molar-refractivity contribution in [1.29, 1.82) is 0 Å². The minimum Gasteiger partial charge on any atom is -0.478 e. The van der Waals surface area contributed by atoms with Crippen LogP contribution in [0.15, 0.2) is 30.4 Å². The summed E-state index contributed by atoms with van der Waals surface area (Å²) in [6.45, 7) is 0. The number of carbonyl (C=O) groups is 2. The van der Waals surface area contributed by atoms with Crippen molar-refractivity contribution in [2.45, 2.75) is 37.9 Å². The van der Waals surface area contributed by atoms with Gasteiger partial charge in [0.1, 0.15) is 0 Å². The van der Waals surface area contributed by atoms with Crippen molar-refractivity contribution in [2.24, 2.45) is 0 Å². The van der Waals surface area contributed by atoms with Gasteiger partial charge in [-0.3, -0.25) is 4.79 Å². The van der Waals surface area contributed by atoms with Gasteiger partial charge in [-0.05, 0) is 25.0 Å². The van der Waals surface area contributed by atoms with Crippen LogP contribution >= 0.6 is 0 Å². The predicted octanol–water partition coefficient (Wildman–Crippen LogP) is 2.70. The normalized spacial score (nSPS) is 18.0. The lowest BCUT2D eigenvalue weighted by Crippen LogP contribution is -2.34. The maximum atomic E-state index is 11.7. The Kier molecular flexibility index (Phi) is 3.75. The molecule has 1 heterocycles. The first kappa shape index (κ1) is 14.4. The van der Waals surface area contributed by atoms with Crippen LogP contribution in [0.25, 0.3) is 0 Å². The zero-order valence-electron chi connectivity index (χ0n) is 12.0. The molecule has 3 rings (SSSR count). The van der Waals surface area contributed by atoms with Gasteiger partial charge in [0.25, 0.3) is 5.79 Å². The molecule has 0 atom stereocenters. The number of fused-ring (bicyclic) bond motifs is 1. The molecule has 22 heavy (non-hydrogen) atoms. The van der Waals surface area contributed by atoms with E-state index in [1.165, 1.54) is 6.08 Å². The standard InChI is InChI=1S/C16H17NO5/c18-14(4-3-5-15(19)20)17-11-6-7-12-13(10-11)22-16(21-12)8-1-2-9-16/h3,5-7,10H,1-2,4,8-9H2,(H,17,18)(H,19,20)/b5-3+. The molecule has 0 saturated heterocycles. The fraction of sp³-hybridized carbons (Fsp3) is 0.375. The van der Waals surface area contributed by atoms with Crippen LogP contribution in [-0.2, 0) is 9.59 Å². The van der Waals surface area contributed by atoms with E-state index in [4.69, 9.17) is 14.6 Å². The summed E-state index contributed by atoms with van der Waals surface area (Å²) in [5, 5.41) is 11.2. The third kappa shape index (κ3) is 3.05. The SMILES string of the molecule is O=C(O)/C=C/CC(=O)Nc1ccc2c(c1)OC1(CCCC1)O2. The maximum Gasteiger partial charge on any atom is 0.327 e. The molecule has 0 bridgehead atoms.